The highest BCUT2D eigenvalue weighted by Gasteiger charge is 2.41. The number of rotatable bonds is 2. The summed E-state index contributed by atoms with van der Waals surface area (Å²) in [5, 5.41) is 13.0. The Morgan fingerprint density at radius 3 is 2.64 bits per heavy atom. The third kappa shape index (κ3) is 1.81. The van der Waals surface area contributed by atoms with Gasteiger partial charge in [-0.15, -0.1) is 0 Å². The minimum absolute atomic E-state index is 0.127. The Labute approximate surface area is 86.5 Å². The number of hydrogen-bond donors (Lipinski definition) is 2. The van der Waals surface area contributed by atoms with Crippen LogP contribution in [0.5, 0.6) is 0 Å². The van der Waals surface area contributed by atoms with Crippen LogP contribution in [-0.4, -0.2) is 48.3 Å². The normalized spacial score (nSPS) is 40.3. The van der Waals surface area contributed by atoms with E-state index in [4.69, 9.17) is 0 Å². The van der Waals surface area contributed by atoms with Gasteiger partial charge in [-0.3, -0.25) is 4.90 Å². The molecule has 1 aliphatic carbocycles. The summed E-state index contributed by atoms with van der Waals surface area (Å²) in [5.41, 5.74) is 0.127. The van der Waals surface area contributed by atoms with E-state index < -0.39 is 0 Å². The SMILES string of the molecule is CC1CCC(CO)(N2CCNCC2)C1. The van der Waals surface area contributed by atoms with E-state index in [1.165, 1.54) is 19.3 Å². The van der Waals surface area contributed by atoms with Gasteiger partial charge in [-0.05, 0) is 25.2 Å². The van der Waals surface area contributed by atoms with Crippen molar-refractivity contribution in [3.05, 3.63) is 0 Å². The molecule has 1 saturated carbocycles. The largest absolute Gasteiger partial charge is 0.394 e. The van der Waals surface area contributed by atoms with E-state index in [9.17, 15) is 5.11 Å². The average Bonchev–Trinajstić information content (AvgIpc) is 2.63. The summed E-state index contributed by atoms with van der Waals surface area (Å²) in [6.45, 7) is 7.02. The van der Waals surface area contributed by atoms with E-state index in [-0.39, 0.29) is 5.54 Å². The summed E-state index contributed by atoms with van der Waals surface area (Å²) < 4.78 is 0. The van der Waals surface area contributed by atoms with Crippen LogP contribution in [0.25, 0.3) is 0 Å². The number of nitrogens with one attached hydrogen (secondary N) is 1. The lowest BCUT2D eigenvalue weighted by Gasteiger charge is -2.42. The third-order valence-electron chi connectivity index (χ3n) is 3.91. The second-order valence-corrected chi connectivity index (χ2v) is 4.97. The summed E-state index contributed by atoms with van der Waals surface area (Å²) in [6, 6.07) is 0. The highest BCUT2D eigenvalue weighted by Crippen LogP contribution is 2.38. The van der Waals surface area contributed by atoms with E-state index in [0.717, 1.165) is 32.1 Å². The lowest BCUT2D eigenvalue weighted by Crippen LogP contribution is -2.57. The van der Waals surface area contributed by atoms with Gasteiger partial charge in [-0.1, -0.05) is 6.92 Å². The Kier molecular flexibility index (Phi) is 3.10. The minimum atomic E-state index is 0.127. The molecule has 2 aliphatic rings. The molecule has 2 unspecified atom stereocenters. The molecule has 2 N–H and O–H groups in total. The Hall–Kier alpha value is -0.120. The van der Waals surface area contributed by atoms with Crippen molar-refractivity contribution in [2.24, 2.45) is 5.92 Å². The number of piperazine rings is 1. The molecule has 0 aromatic heterocycles. The van der Waals surface area contributed by atoms with Gasteiger partial charge in [0.25, 0.3) is 0 Å². The van der Waals surface area contributed by atoms with Gasteiger partial charge in [0.15, 0.2) is 0 Å². The predicted octanol–water partition coefficient (Wildman–Crippen LogP) is 0.443. The smallest absolute Gasteiger partial charge is 0.0615 e. The molecule has 0 bridgehead atoms. The van der Waals surface area contributed by atoms with Crippen LogP contribution in [0.2, 0.25) is 0 Å². The quantitative estimate of drug-likeness (QED) is 0.676. The van der Waals surface area contributed by atoms with Crippen molar-refractivity contribution < 1.29 is 5.11 Å². The van der Waals surface area contributed by atoms with Gasteiger partial charge in [-0.2, -0.15) is 0 Å². The van der Waals surface area contributed by atoms with Crippen LogP contribution < -0.4 is 5.32 Å². The average molecular weight is 198 g/mol. The van der Waals surface area contributed by atoms with Gasteiger partial charge in [0, 0.05) is 31.7 Å². The first-order valence-corrected chi connectivity index (χ1v) is 5.83. The number of nitrogens with zero attached hydrogens (tertiary/aromatic N) is 1. The molecular formula is C11H22N2O. The molecule has 0 aromatic rings. The molecule has 1 heterocycles. The molecule has 0 radical (unpaired) electrons. The third-order valence-corrected chi connectivity index (χ3v) is 3.91. The number of aliphatic hydroxyl groups is 1. The van der Waals surface area contributed by atoms with Crippen molar-refractivity contribution in [2.75, 3.05) is 32.8 Å². The van der Waals surface area contributed by atoms with Crippen LogP contribution >= 0.6 is 0 Å². The first-order chi connectivity index (χ1) is 6.77. The number of hydrogen-bond acceptors (Lipinski definition) is 3. The van der Waals surface area contributed by atoms with E-state index in [1.54, 1.807) is 0 Å². The fraction of sp³-hybridized carbons (Fsp3) is 1.00. The molecule has 1 aliphatic heterocycles. The Balaban J connectivity index is 2.03. The predicted molar refractivity (Wildman–Crippen MR) is 57.3 cm³/mol. The number of aliphatic hydroxyl groups excluding tert-OH is 1. The maximum absolute atomic E-state index is 9.62. The maximum Gasteiger partial charge on any atom is 0.0615 e. The van der Waals surface area contributed by atoms with E-state index in [2.05, 4.69) is 17.1 Å². The van der Waals surface area contributed by atoms with Crippen molar-refractivity contribution in [1.29, 1.82) is 0 Å². The van der Waals surface area contributed by atoms with Gasteiger partial charge >= 0.3 is 0 Å². The molecule has 0 amide bonds. The molecule has 2 atom stereocenters. The molecule has 1 saturated heterocycles. The summed E-state index contributed by atoms with van der Waals surface area (Å²) in [4.78, 5) is 2.51. The summed E-state index contributed by atoms with van der Waals surface area (Å²) in [7, 11) is 0. The van der Waals surface area contributed by atoms with Gasteiger partial charge in [0.05, 0.1) is 6.61 Å². The van der Waals surface area contributed by atoms with Crippen molar-refractivity contribution in [3.8, 4) is 0 Å². The minimum Gasteiger partial charge on any atom is -0.394 e. The van der Waals surface area contributed by atoms with Gasteiger partial charge in [-0.25, -0.2) is 0 Å². The fourth-order valence-corrected chi connectivity index (χ4v) is 3.04. The lowest BCUT2D eigenvalue weighted by molar-refractivity contribution is 0.0227. The lowest BCUT2D eigenvalue weighted by atomic mass is 9.94. The Morgan fingerprint density at radius 1 is 1.43 bits per heavy atom. The zero-order chi connectivity index (χ0) is 10.0. The summed E-state index contributed by atoms with van der Waals surface area (Å²) >= 11 is 0. The van der Waals surface area contributed by atoms with Crippen LogP contribution in [0.1, 0.15) is 26.2 Å². The molecule has 3 heteroatoms. The maximum atomic E-state index is 9.62. The monoisotopic (exact) mass is 198 g/mol. The van der Waals surface area contributed by atoms with E-state index >= 15 is 0 Å². The van der Waals surface area contributed by atoms with Crippen LogP contribution in [0.4, 0.5) is 0 Å². The second-order valence-electron chi connectivity index (χ2n) is 4.97. The van der Waals surface area contributed by atoms with Crippen molar-refractivity contribution >= 4 is 0 Å². The summed E-state index contributed by atoms with van der Waals surface area (Å²) in [6.07, 6.45) is 3.65. The highest BCUT2D eigenvalue weighted by atomic mass is 16.3. The first kappa shape index (κ1) is 10.4. The topological polar surface area (TPSA) is 35.5 Å². The molecule has 3 nitrogen and oxygen atoms in total. The first-order valence-electron chi connectivity index (χ1n) is 5.83. The van der Waals surface area contributed by atoms with Crippen molar-refractivity contribution in [3.63, 3.8) is 0 Å². The second kappa shape index (κ2) is 4.17. The molecule has 2 rings (SSSR count). The molecule has 82 valence electrons. The van der Waals surface area contributed by atoms with Crippen molar-refractivity contribution in [2.45, 2.75) is 31.7 Å². The van der Waals surface area contributed by atoms with Gasteiger partial charge in [0.1, 0.15) is 0 Å². The standard InChI is InChI=1S/C11H22N2O/c1-10-2-3-11(8-10,9-14)13-6-4-12-5-7-13/h10,12,14H,2-9H2,1H3. The molecular weight excluding hydrogens is 176 g/mol. The van der Waals surface area contributed by atoms with Crippen molar-refractivity contribution in [1.82, 2.24) is 10.2 Å². The zero-order valence-corrected chi connectivity index (χ0v) is 9.13. The van der Waals surface area contributed by atoms with Crippen LogP contribution in [0.15, 0.2) is 0 Å². The van der Waals surface area contributed by atoms with Gasteiger partial charge in [0.2, 0.25) is 0 Å². The molecule has 0 spiro atoms. The van der Waals surface area contributed by atoms with E-state index in [1.807, 2.05) is 0 Å². The Morgan fingerprint density at radius 2 is 2.14 bits per heavy atom. The van der Waals surface area contributed by atoms with E-state index in [0.29, 0.717) is 6.61 Å². The Bertz CT molecular complexity index is 192. The van der Waals surface area contributed by atoms with Crippen LogP contribution in [0.3, 0.4) is 0 Å². The summed E-state index contributed by atoms with van der Waals surface area (Å²) in [5.74, 6) is 0.789. The van der Waals surface area contributed by atoms with Gasteiger partial charge < -0.3 is 10.4 Å². The van der Waals surface area contributed by atoms with Crippen LogP contribution in [-0.2, 0) is 0 Å². The zero-order valence-electron chi connectivity index (χ0n) is 9.13. The fourth-order valence-electron chi connectivity index (χ4n) is 3.04. The highest BCUT2D eigenvalue weighted by molar-refractivity contribution is 4.98. The molecule has 2 fully saturated rings. The van der Waals surface area contributed by atoms with Crippen LogP contribution in [0, 0.1) is 5.92 Å². The molecule has 0 aromatic carbocycles. The molecule has 14 heavy (non-hydrogen) atoms.